The van der Waals surface area contributed by atoms with E-state index in [1.807, 2.05) is 24.3 Å². The topological polar surface area (TPSA) is 35.2 Å². The first-order valence-electron chi connectivity index (χ1n) is 5.55. The average molecular weight is 249 g/mol. The number of hydrogen-bond acceptors (Lipinski definition) is 2. The van der Waals surface area contributed by atoms with Crippen LogP contribution in [0.2, 0.25) is 0 Å². The van der Waals surface area contributed by atoms with Gasteiger partial charge in [-0.05, 0) is 23.3 Å². The summed E-state index contributed by atoms with van der Waals surface area (Å²) in [6, 6.07) is 11.3. The molecule has 2 nitrogen and oxygen atoms in total. The van der Waals surface area contributed by atoms with Crippen molar-refractivity contribution in [1.29, 1.82) is 0 Å². The normalized spacial score (nSPS) is 10.4. The zero-order valence-corrected chi connectivity index (χ0v) is 9.70. The molecule has 0 unspecified atom stereocenters. The van der Waals surface area contributed by atoms with Crippen molar-refractivity contribution in [2.24, 2.45) is 5.73 Å². The summed E-state index contributed by atoms with van der Waals surface area (Å²) >= 11 is 0. The first-order chi connectivity index (χ1) is 8.70. The molecule has 0 bridgehead atoms. The number of hydrogen-bond donors (Lipinski definition) is 1. The van der Waals surface area contributed by atoms with Gasteiger partial charge in [0.15, 0.2) is 11.6 Å². The van der Waals surface area contributed by atoms with Gasteiger partial charge in [0.1, 0.15) is 6.61 Å². The molecule has 0 atom stereocenters. The number of nitrogens with two attached hydrogens (primary N) is 1. The van der Waals surface area contributed by atoms with Crippen molar-refractivity contribution in [3.05, 3.63) is 65.2 Å². The van der Waals surface area contributed by atoms with Gasteiger partial charge in [-0.3, -0.25) is 0 Å². The zero-order chi connectivity index (χ0) is 13.0. The van der Waals surface area contributed by atoms with Crippen LogP contribution >= 0.6 is 0 Å². The maximum Gasteiger partial charge on any atom is 0.200 e. The molecule has 4 heteroatoms. The molecule has 0 saturated carbocycles. The van der Waals surface area contributed by atoms with Gasteiger partial charge >= 0.3 is 0 Å². The lowest BCUT2D eigenvalue weighted by Crippen LogP contribution is -2.01. The molecule has 0 spiro atoms. The highest BCUT2D eigenvalue weighted by atomic mass is 19.2. The van der Waals surface area contributed by atoms with Crippen LogP contribution in [-0.4, -0.2) is 0 Å². The number of ether oxygens (including phenoxy) is 1. The maximum atomic E-state index is 13.3. The Kier molecular flexibility index (Phi) is 3.89. The molecule has 0 aromatic heterocycles. The van der Waals surface area contributed by atoms with Crippen LogP contribution in [0.1, 0.15) is 11.1 Å². The molecule has 0 saturated heterocycles. The minimum atomic E-state index is -0.965. The van der Waals surface area contributed by atoms with Crippen molar-refractivity contribution in [2.45, 2.75) is 13.2 Å². The lowest BCUT2D eigenvalue weighted by molar-refractivity contribution is 0.284. The van der Waals surface area contributed by atoms with E-state index in [-0.39, 0.29) is 12.4 Å². The first-order valence-corrected chi connectivity index (χ1v) is 5.55. The molecule has 0 aliphatic heterocycles. The maximum absolute atomic E-state index is 13.3. The van der Waals surface area contributed by atoms with Crippen LogP contribution in [0.4, 0.5) is 8.78 Å². The Morgan fingerprint density at radius 2 is 1.72 bits per heavy atom. The van der Waals surface area contributed by atoms with Gasteiger partial charge in [0.05, 0.1) is 0 Å². The van der Waals surface area contributed by atoms with Crippen LogP contribution in [0.15, 0.2) is 42.5 Å². The van der Waals surface area contributed by atoms with Gasteiger partial charge in [0.25, 0.3) is 0 Å². The molecule has 0 radical (unpaired) electrons. The van der Waals surface area contributed by atoms with Crippen LogP contribution in [0.25, 0.3) is 0 Å². The van der Waals surface area contributed by atoms with Crippen molar-refractivity contribution in [2.75, 3.05) is 0 Å². The first kappa shape index (κ1) is 12.5. The summed E-state index contributed by atoms with van der Waals surface area (Å²) in [5, 5.41) is 0. The second kappa shape index (κ2) is 5.60. The molecule has 18 heavy (non-hydrogen) atoms. The highest BCUT2D eigenvalue weighted by molar-refractivity contribution is 5.27. The third-order valence-electron chi connectivity index (χ3n) is 2.54. The van der Waals surface area contributed by atoms with E-state index >= 15 is 0 Å². The predicted molar refractivity (Wildman–Crippen MR) is 65.0 cm³/mol. The Morgan fingerprint density at radius 3 is 2.50 bits per heavy atom. The summed E-state index contributed by atoms with van der Waals surface area (Å²) in [5.74, 6) is -1.97. The second-order valence-electron chi connectivity index (χ2n) is 3.86. The van der Waals surface area contributed by atoms with Gasteiger partial charge in [0, 0.05) is 6.54 Å². The van der Waals surface area contributed by atoms with E-state index in [1.165, 1.54) is 12.1 Å². The molecule has 0 aliphatic carbocycles. The summed E-state index contributed by atoms with van der Waals surface area (Å²) in [6.07, 6.45) is 0. The molecular formula is C14H13F2NO. The number of halogens is 2. The third kappa shape index (κ3) is 2.84. The molecule has 94 valence electrons. The molecule has 2 aromatic rings. The van der Waals surface area contributed by atoms with Gasteiger partial charge in [-0.2, -0.15) is 4.39 Å². The number of rotatable bonds is 4. The smallest absolute Gasteiger partial charge is 0.200 e. The Morgan fingerprint density at radius 1 is 1.00 bits per heavy atom. The van der Waals surface area contributed by atoms with E-state index in [0.29, 0.717) is 6.54 Å². The Bertz CT molecular complexity index is 543. The van der Waals surface area contributed by atoms with Crippen LogP contribution in [-0.2, 0) is 13.2 Å². The lowest BCUT2D eigenvalue weighted by atomic mass is 10.1. The fourth-order valence-electron chi connectivity index (χ4n) is 1.60. The standard InChI is InChI=1S/C14H13F2NO/c15-12-5-2-6-13(14(12)16)18-9-11-4-1-3-10(7-11)8-17/h1-7H,8-9,17H2. The number of benzene rings is 2. The van der Waals surface area contributed by atoms with Gasteiger partial charge in [-0.1, -0.05) is 30.3 Å². The van der Waals surface area contributed by atoms with Crippen LogP contribution in [0.5, 0.6) is 5.75 Å². The quantitative estimate of drug-likeness (QED) is 0.904. The molecule has 0 heterocycles. The van der Waals surface area contributed by atoms with E-state index in [4.69, 9.17) is 10.5 Å². The molecular weight excluding hydrogens is 236 g/mol. The fourth-order valence-corrected chi connectivity index (χ4v) is 1.60. The third-order valence-corrected chi connectivity index (χ3v) is 2.54. The largest absolute Gasteiger partial charge is 0.486 e. The van der Waals surface area contributed by atoms with Crippen molar-refractivity contribution in [3.8, 4) is 5.75 Å². The van der Waals surface area contributed by atoms with E-state index in [0.717, 1.165) is 17.2 Å². The summed E-state index contributed by atoms with van der Waals surface area (Å²) in [4.78, 5) is 0. The van der Waals surface area contributed by atoms with Crippen molar-refractivity contribution in [1.82, 2.24) is 0 Å². The van der Waals surface area contributed by atoms with E-state index < -0.39 is 11.6 Å². The molecule has 2 N–H and O–H groups in total. The zero-order valence-electron chi connectivity index (χ0n) is 9.70. The Hall–Kier alpha value is -1.94. The molecule has 2 rings (SSSR count). The van der Waals surface area contributed by atoms with Gasteiger partial charge in [0.2, 0.25) is 5.82 Å². The summed E-state index contributed by atoms with van der Waals surface area (Å²) in [6.45, 7) is 0.608. The summed E-state index contributed by atoms with van der Waals surface area (Å²) in [5.41, 5.74) is 7.35. The average Bonchev–Trinajstić information content (AvgIpc) is 2.41. The predicted octanol–water partition coefficient (Wildman–Crippen LogP) is 3.00. The lowest BCUT2D eigenvalue weighted by Gasteiger charge is -2.08. The highest BCUT2D eigenvalue weighted by Crippen LogP contribution is 2.20. The van der Waals surface area contributed by atoms with Crippen molar-refractivity contribution >= 4 is 0 Å². The summed E-state index contributed by atoms with van der Waals surface area (Å²) < 4.78 is 31.5. The minimum absolute atomic E-state index is 0.0897. The van der Waals surface area contributed by atoms with Gasteiger partial charge < -0.3 is 10.5 Å². The van der Waals surface area contributed by atoms with Crippen LogP contribution in [0.3, 0.4) is 0 Å². The van der Waals surface area contributed by atoms with Crippen molar-refractivity contribution in [3.63, 3.8) is 0 Å². The van der Waals surface area contributed by atoms with E-state index in [2.05, 4.69) is 0 Å². The minimum Gasteiger partial charge on any atom is -0.486 e. The molecule has 0 aliphatic rings. The van der Waals surface area contributed by atoms with E-state index in [9.17, 15) is 8.78 Å². The molecule has 0 fully saturated rings. The summed E-state index contributed by atoms with van der Waals surface area (Å²) in [7, 11) is 0. The SMILES string of the molecule is NCc1cccc(COc2cccc(F)c2F)c1. The van der Waals surface area contributed by atoms with Crippen LogP contribution < -0.4 is 10.5 Å². The van der Waals surface area contributed by atoms with Gasteiger partial charge in [-0.15, -0.1) is 0 Å². The monoisotopic (exact) mass is 249 g/mol. The van der Waals surface area contributed by atoms with Gasteiger partial charge in [-0.25, -0.2) is 4.39 Å². The highest BCUT2D eigenvalue weighted by Gasteiger charge is 2.08. The second-order valence-corrected chi connectivity index (χ2v) is 3.86. The molecule has 2 aromatic carbocycles. The van der Waals surface area contributed by atoms with Crippen LogP contribution in [0, 0.1) is 11.6 Å². The Labute approximate surface area is 104 Å². The molecule has 0 amide bonds. The van der Waals surface area contributed by atoms with E-state index in [1.54, 1.807) is 0 Å². The fraction of sp³-hybridized carbons (Fsp3) is 0.143. The Balaban J connectivity index is 2.09. The van der Waals surface area contributed by atoms with Crippen molar-refractivity contribution < 1.29 is 13.5 Å².